The summed E-state index contributed by atoms with van der Waals surface area (Å²) in [6, 6.07) is 9.37. The SMILES string of the molecule is Nc1cncc(-c2cnc3n[nH]c(-c4nc5c(-c6ccc(F)cc6)nccc5[nH]4)c3c2F)c1. The number of aromatic nitrogens is 7. The smallest absolute Gasteiger partial charge is 0.184 e. The zero-order valence-corrected chi connectivity index (χ0v) is 16.8. The molecule has 33 heavy (non-hydrogen) atoms. The van der Waals surface area contributed by atoms with Gasteiger partial charge in [-0.05, 0) is 36.4 Å². The van der Waals surface area contributed by atoms with Crippen molar-refractivity contribution in [1.29, 1.82) is 0 Å². The first-order chi connectivity index (χ1) is 16.1. The van der Waals surface area contributed by atoms with Gasteiger partial charge in [-0.25, -0.2) is 18.7 Å². The molecule has 0 saturated carbocycles. The van der Waals surface area contributed by atoms with Crippen LogP contribution < -0.4 is 5.73 Å². The lowest BCUT2D eigenvalue weighted by atomic mass is 10.1. The van der Waals surface area contributed by atoms with Crippen molar-refractivity contribution >= 4 is 27.8 Å². The van der Waals surface area contributed by atoms with Crippen molar-refractivity contribution < 1.29 is 8.78 Å². The van der Waals surface area contributed by atoms with E-state index in [1.54, 1.807) is 30.5 Å². The molecule has 1 aromatic carbocycles. The molecule has 0 atom stereocenters. The monoisotopic (exact) mass is 440 g/mol. The zero-order chi connectivity index (χ0) is 22.5. The predicted molar refractivity (Wildman–Crippen MR) is 120 cm³/mol. The molecule has 0 amide bonds. The Morgan fingerprint density at radius 1 is 0.909 bits per heavy atom. The van der Waals surface area contributed by atoms with Crippen LogP contribution in [0.15, 0.2) is 61.2 Å². The van der Waals surface area contributed by atoms with Crippen molar-refractivity contribution in [3.05, 3.63) is 72.8 Å². The minimum absolute atomic E-state index is 0.185. The van der Waals surface area contributed by atoms with Crippen LogP contribution in [0.2, 0.25) is 0 Å². The fourth-order valence-electron chi connectivity index (χ4n) is 3.80. The fraction of sp³-hybridized carbons (Fsp3) is 0. The van der Waals surface area contributed by atoms with E-state index in [2.05, 4.69) is 35.1 Å². The van der Waals surface area contributed by atoms with Crippen LogP contribution in [-0.4, -0.2) is 35.1 Å². The molecule has 0 bridgehead atoms. The molecular formula is C23H14F2N8. The van der Waals surface area contributed by atoms with E-state index in [0.717, 1.165) is 0 Å². The van der Waals surface area contributed by atoms with Gasteiger partial charge in [0, 0.05) is 41.5 Å². The Kier molecular flexibility index (Phi) is 4.12. The van der Waals surface area contributed by atoms with Gasteiger partial charge in [0.05, 0.1) is 22.3 Å². The number of imidazole rings is 1. The first-order valence-corrected chi connectivity index (χ1v) is 9.93. The van der Waals surface area contributed by atoms with E-state index in [-0.39, 0.29) is 22.4 Å². The van der Waals surface area contributed by atoms with Crippen LogP contribution in [0.5, 0.6) is 0 Å². The third kappa shape index (κ3) is 3.07. The van der Waals surface area contributed by atoms with Crippen LogP contribution in [-0.2, 0) is 0 Å². The van der Waals surface area contributed by atoms with Crippen LogP contribution >= 0.6 is 0 Å². The molecule has 0 aliphatic heterocycles. The number of fused-ring (bicyclic) bond motifs is 2. The highest BCUT2D eigenvalue weighted by Gasteiger charge is 2.21. The lowest BCUT2D eigenvalue weighted by Gasteiger charge is -2.05. The van der Waals surface area contributed by atoms with Crippen molar-refractivity contribution in [2.75, 3.05) is 5.73 Å². The summed E-state index contributed by atoms with van der Waals surface area (Å²) >= 11 is 0. The third-order valence-corrected chi connectivity index (χ3v) is 5.34. The summed E-state index contributed by atoms with van der Waals surface area (Å²) in [5.74, 6) is -0.493. The molecule has 5 aromatic heterocycles. The maximum Gasteiger partial charge on any atom is 0.184 e. The molecule has 0 spiro atoms. The molecule has 160 valence electrons. The molecule has 5 heterocycles. The summed E-state index contributed by atoms with van der Waals surface area (Å²) in [6.07, 6.45) is 6.02. The molecule has 0 aliphatic carbocycles. The summed E-state index contributed by atoms with van der Waals surface area (Å²) in [5, 5.41) is 7.15. The topological polar surface area (TPSA) is 122 Å². The van der Waals surface area contributed by atoms with Gasteiger partial charge in [0.2, 0.25) is 0 Å². The number of anilines is 1. The highest BCUT2D eigenvalue weighted by molar-refractivity contribution is 5.96. The number of nitrogens with zero attached hydrogens (tertiary/aromatic N) is 5. The maximum atomic E-state index is 15.6. The molecule has 0 radical (unpaired) electrons. The van der Waals surface area contributed by atoms with Crippen molar-refractivity contribution in [2.24, 2.45) is 0 Å². The van der Waals surface area contributed by atoms with E-state index in [4.69, 9.17) is 5.73 Å². The fourth-order valence-corrected chi connectivity index (χ4v) is 3.80. The van der Waals surface area contributed by atoms with Gasteiger partial charge in [-0.2, -0.15) is 5.10 Å². The number of pyridine rings is 3. The van der Waals surface area contributed by atoms with Crippen molar-refractivity contribution in [3.8, 4) is 33.9 Å². The Morgan fingerprint density at radius 3 is 2.58 bits per heavy atom. The first kappa shape index (κ1) is 19.0. The summed E-state index contributed by atoms with van der Waals surface area (Å²) in [7, 11) is 0. The van der Waals surface area contributed by atoms with Crippen molar-refractivity contribution in [1.82, 2.24) is 35.1 Å². The molecule has 10 heteroatoms. The lowest BCUT2D eigenvalue weighted by Crippen LogP contribution is -1.93. The van der Waals surface area contributed by atoms with E-state index in [1.807, 2.05) is 0 Å². The van der Waals surface area contributed by atoms with Crippen molar-refractivity contribution in [2.45, 2.75) is 0 Å². The number of rotatable bonds is 3. The second-order valence-corrected chi connectivity index (χ2v) is 7.44. The Hall–Kier alpha value is -4.73. The number of benzene rings is 1. The summed E-state index contributed by atoms with van der Waals surface area (Å²) in [6.45, 7) is 0. The second kappa shape index (κ2) is 7.16. The van der Waals surface area contributed by atoms with E-state index < -0.39 is 5.82 Å². The van der Waals surface area contributed by atoms with Crippen LogP contribution in [0.3, 0.4) is 0 Å². The number of H-pyrrole nitrogens is 2. The molecule has 0 fully saturated rings. The minimum atomic E-state index is -0.520. The molecule has 4 N–H and O–H groups in total. The normalized spacial score (nSPS) is 11.5. The Balaban J connectivity index is 1.54. The van der Waals surface area contributed by atoms with Gasteiger partial charge in [0.1, 0.15) is 22.8 Å². The van der Waals surface area contributed by atoms with E-state index in [1.165, 1.54) is 30.7 Å². The number of nitrogens with two attached hydrogens (primary N) is 1. The Labute approximate surface area is 184 Å². The van der Waals surface area contributed by atoms with Crippen LogP contribution in [0.4, 0.5) is 14.5 Å². The number of halogens is 2. The summed E-state index contributed by atoms with van der Waals surface area (Å²) in [5.41, 5.74) is 10.0. The molecular weight excluding hydrogens is 426 g/mol. The van der Waals surface area contributed by atoms with Crippen LogP contribution in [0.1, 0.15) is 0 Å². The third-order valence-electron chi connectivity index (χ3n) is 5.34. The highest BCUT2D eigenvalue weighted by Crippen LogP contribution is 2.34. The number of hydrogen-bond donors (Lipinski definition) is 3. The van der Waals surface area contributed by atoms with E-state index in [9.17, 15) is 4.39 Å². The molecule has 6 aromatic rings. The van der Waals surface area contributed by atoms with Gasteiger partial charge >= 0.3 is 0 Å². The number of hydrogen-bond acceptors (Lipinski definition) is 6. The highest BCUT2D eigenvalue weighted by atomic mass is 19.1. The molecule has 0 saturated heterocycles. The molecule has 0 aliphatic rings. The second-order valence-electron chi connectivity index (χ2n) is 7.44. The Bertz CT molecular complexity index is 1650. The predicted octanol–water partition coefficient (Wildman–Crippen LogP) is 4.49. The summed E-state index contributed by atoms with van der Waals surface area (Å²) < 4.78 is 29.0. The summed E-state index contributed by atoms with van der Waals surface area (Å²) in [4.78, 5) is 20.6. The largest absolute Gasteiger partial charge is 0.397 e. The van der Waals surface area contributed by atoms with Gasteiger partial charge in [-0.1, -0.05) is 0 Å². The van der Waals surface area contributed by atoms with Gasteiger partial charge in [0.15, 0.2) is 11.5 Å². The Morgan fingerprint density at radius 2 is 1.76 bits per heavy atom. The standard InChI is InChI=1S/C23H14F2N8/c24-13-3-1-11(2-4-13)19-20-16(5-6-28-19)30-23(31-20)21-17-18(25)15(10-29-22(17)33-32-21)12-7-14(26)9-27-8-12/h1-10H,26H2,(H,30,31)(H,29,32,33). The molecule has 6 rings (SSSR count). The van der Waals surface area contributed by atoms with Gasteiger partial charge < -0.3 is 10.7 Å². The van der Waals surface area contributed by atoms with Gasteiger partial charge in [0.25, 0.3) is 0 Å². The van der Waals surface area contributed by atoms with Crippen LogP contribution in [0.25, 0.3) is 56.0 Å². The average Bonchev–Trinajstić information content (AvgIpc) is 3.44. The molecule has 8 nitrogen and oxygen atoms in total. The van der Waals surface area contributed by atoms with Gasteiger partial charge in [-0.15, -0.1) is 0 Å². The number of aromatic amines is 2. The van der Waals surface area contributed by atoms with Gasteiger partial charge in [-0.3, -0.25) is 15.1 Å². The van der Waals surface area contributed by atoms with Crippen molar-refractivity contribution in [3.63, 3.8) is 0 Å². The molecule has 0 unspecified atom stereocenters. The number of nitrogen functional groups attached to an aromatic ring is 1. The van der Waals surface area contributed by atoms with E-state index in [0.29, 0.717) is 45.1 Å². The van der Waals surface area contributed by atoms with Crippen LogP contribution in [0, 0.1) is 11.6 Å². The minimum Gasteiger partial charge on any atom is -0.397 e. The average molecular weight is 440 g/mol. The lowest BCUT2D eigenvalue weighted by molar-refractivity contribution is 0.628. The number of nitrogens with one attached hydrogen (secondary N) is 2. The van der Waals surface area contributed by atoms with E-state index >= 15 is 4.39 Å². The first-order valence-electron chi connectivity index (χ1n) is 9.93. The maximum absolute atomic E-state index is 15.6. The quantitative estimate of drug-likeness (QED) is 0.373. The zero-order valence-electron chi connectivity index (χ0n) is 16.8.